The van der Waals surface area contributed by atoms with Gasteiger partial charge in [-0.15, -0.1) is 0 Å². The van der Waals surface area contributed by atoms with E-state index in [0.717, 1.165) is 27.5 Å². The smallest absolute Gasteiger partial charge is 0.190 e. The zero-order valence-electron chi connectivity index (χ0n) is 12.2. The molecule has 0 atom stereocenters. The van der Waals surface area contributed by atoms with E-state index in [-0.39, 0.29) is 0 Å². The number of nitriles is 1. The lowest BCUT2D eigenvalue weighted by molar-refractivity contribution is 1.18. The van der Waals surface area contributed by atoms with E-state index in [2.05, 4.69) is 39.7 Å². The monoisotopic (exact) mass is 293 g/mol. The van der Waals surface area contributed by atoms with Crippen molar-refractivity contribution in [1.82, 2.24) is 4.57 Å². The minimum atomic E-state index is 0.473. The van der Waals surface area contributed by atoms with Crippen LogP contribution in [-0.4, -0.2) is 4.57 Å². The Morgan fingerprint density at radius 2 is 1.48 bits per heavy atom. The summed E-state index contributed by atoms with van der Waals surface area (Å²) in [5, 5.41) is 11.6. The van der Waals surface area contributed by atoms with Gasteiger partial charge in [-0.2, -0.15) is 5.26 Å². The Labute approximate surface area is 133 Å². The molecule has 3 heteroatoms. The predicted molar refractivity (Wildman–Crippen MR) is 91.8 cm³/mol. The lowest BCUT2D eigenvalue weighted by Gasteiger charge is -2.09. The van der Waals surface area contributed by atoms with E-state index in [1.54, 1.807) is 6.07 Å². The summed E-state index contributed by atoms with van der Waals surface area (Å²) >= 11 is 0. The highest BCUT2D eigenvalue weighted by Crippen LogP contribution is 2.33. The summed E-state index contributed by atoms with van der Waals surface area (Å²) in [5.74, 6) is 0. The molecule has 3 aromatic carbocycles. The summed E-state index contributed by atoms with van der Waals surface area (Å²) in [5.41, 5.74) is 3.95. The molecule has 0 amide bonds. The number of rotatable bonds is 1. The van der Waals surface area contributed by atoms with E-state index in [0.29, 0.717) is 11.3 Å². The number of nitrogens with zero attached hydrogens (tertiary/aromatic N) is 3. The molecule has 1 aromatic heterocycles. The normalized spacial score (nSPS) is 10.5. The minimum Gasteiger partial charge on any atom is -0.310 e. The molecule has 0 aliphatic rings. The molecular weight excluding hydrogens is 282 g/mol. The Balaban J connectivity index is 2.17. The van der Waals surface area contributed by atoms with Crippen LogP contribution >= 0.6 is 0 Å². The molecule has 0 saturated carbocycles. The molecular formula is C20H11N3. The van der Waals surface area contributed by atoms with Crippen LogP contribution in [0, 0.1) is 17.9 Å². The number of hydrogen-bond acceptors (Lipinski definition) is 1. The highest BCUT2D eigenvalue weighted by Gasteiger charge is 2.12. The van der Waals surface area contributed by atoms with Crippen molar-refractivity contribution in [3.63, 3.8) is 0 Å². The molecule has 0 aliphatic heterocycles. The lowest BCUT2D eigenvalue weighted by Crippen LogP contribution is -1.94. The molecule has 106 valence electrons. The highest BCUT2D eigenvalue weighted by molar-refractivity contribution is 6.09. The van der Waals surface area contributed by atoms with Gasteiger partial charge >= 0.3 is 0 Å². The van der Waals surface area contributed by atoms with Gasteiger partial charge in [0.15, 0.2) is 5.69 Å². The molecule has 0 fully saturated rings. The summed E-state index contributed by atoms with van der Waals surface area (Å²) in [7, 11) is 0. The van der Waals surface area contributed by atoms with Crippen LogP contribution in [0.4, 0.5) is 5.69 Å². The third-order valence-corrected chi connectivity index (χ3v) is 4.00. The fraction of sp³-hybridized carbons (Fsp3) is 0. The summed E-state index contributed by atoms with van der Waals surface area (Å²) in [6.07, 6.45) is 0. The number of para-hydroxylation sites is 2. The van der Waals surface area contributed by atoms with E-state index in [4.69, 9.17) is 6.57 Å². The Bertz CT molecular complexity index is 1050. The second-order valence-corrected chi connectivity index (χ2v) is 5.33. The van der Waals surface area contributed by atoms with Gasteiger partial charge in [-0.25, -0.2) is 4.85 Å². The molecule has 0 aliphatic carbocycles. The fourth-order valence-electron chi connectivity index (χ4n) is 3.05. The molecule has 0 saturated heterocycles. The van der Waals surface area contributed by atoms with Crippen molar-refractivity contribution in [3.05, 3.63) is 83.7 Å². The summed E-state index contributed by atoms with van der Waals surface area (Å²) in [6, 6.07) is 23.8. The molecule has 0 radical (unpaired) electrons. The van der Waals surface area contributed by atoms with Gasteiger partial charge in [0.2, 0.25) is 0 Å². The van der Waals surface area contributed by atoms with Crippen LogP contribution in [0.25, 0.3) is 32.3 Å². The van der Waals surface area contributed by atoms with Gasteiger partial charge in [-0.05, 0) is 30.3 Å². The van der Waals surface area contributed by atoms with Gasteiger partial charge in [-0.3, -0.25) is 0 Å². The summed E-state index contributed by atoms with van der Waals surface area (Å²) in [6.45, 7) is 7.27. The average Bonchev–Trinajstić information content (AvgIpc) is 2.96. The second kappa shape index (κ2) is 5.02. The van der Waals surface area contributed by atoms with Crippen molar-refractivity contribution >= 4 is 27.5 Å². The topological polar surface area (TPSA) is 33.1 Å². The average molecular weight is 293 g/mol. The Morgan fingerprint density at radius 3 is 2.04 bits per heavy atom. The molecule has 0 bridgehead atoms. The van der Waals surface area contributed by atoms with E-state index in [9.17, 15) is 5.26 Å². The Morgan fingerprint density at radius 1 is 0.870 bits per heavy atom. The Hall–Kier alpha value is -3.56. The van der Waals surface area contributed by atoms with E-state index >= 15 is 0 Å². The van der Waals surface area contributed by atoms with Gasteiger partial charge in [0.05, 0.1) is 23.7 Å². The zero-order valence-corrected chi connectivity index (χ0v) is 12.2. The quantitative estimate of drug-likeness (QED) is 0.444. The van der Waals surface area contributed by atoms with Crippen molar-refractivity contribution in [3.8, 4) is 11.8 Å². The van der Waals surface area contributed by atoms with Gasteiger partial charge < -0.3 is 4.57 Å². The largest absolute Gasteiger partial charge is 0.310 e. The SMILES string of the molecule is [C-]#[N+]c1cc(C#N)cc(-n2c3ccccc3c3ccccc32)c1. The van der Waals surface area contributed by atoms with Crippen molar-refractivity contribution in [2.45, 2.75) is 0 Å². The van der Waals surface area contributed by atoms with Crippen LogP contribution in [0.15, 0.2) is 66.7 Å². The summed E-state index contributed by atoms with van der Waals surface area (Å²) in [4.78, 5) is 3.50. The first-order valence-electron chi connectivity index (χ1n) is 7.23. The van der Waals surface area contributed by atoms with E-state index in [1.807, 2.05) is 36.4 Å². The van der Waals surface area contributed by atoms with Crippen LogP contribution < -0.4 is 0 Å². The van der Waals surface area contributed by atoms with Gasteiger partial charge in [0, 0.05) is 22.0 Å². The third kappa shape index (κ3) is 1.96. The first-order chi connectivity index (χ1) is 11.3. The highest BCUT2D eigenvalue weighted by atomic mass is 15.0. The molecule has 23 heavy (non-hydrogen) atoms. The molecule has 1 heterocycles. The summed E-state index contributed by atoms with van der Waals surface area (Å²) < 4.78 is 2.11. The molecule has 0 unspecified atom stereocenters. The third-order valence-electron chi connectivity index (χ3n) is 4.00. The van der Waals surface area contributed by atoms with Crippen molar-refractivity contribution in [2.24, 2.45) is 0 Å². The molecule has 4 rings (SSSR count). The maximum atomic E-state index is 9.24. The molecule has 0 N–H and O–H groups in total. The van der Waals surface area contributed by atoms with Crippen LogP contribution in [0.3, 0.4) is 0 Å². The van der Waals surface area contributed by atoms with Crippen molar-refractivity contribution in [1.29, 1.82) is 5.26 Å². The second-order valence-electron chi connectivity index (χ2n) is 5.33. The van der Waals surface area contributed by atoms with Crippen LogP contribution in [0.1, 0.15) is 5.56 Å². The van der Waals surface area contributed by atoms with Crippen LogP contribution in [-0.2, 0) is 0 Å². The maximum Gasteiger partial charge on any atom is 0.190 e. The molecule has 4 aromatic rings. The molecule has 3 nitrogen and oxygen atoms in total. The first kappa shape index (κ1) is 13.1. The van der Waals surface area contributed by atoms with Crippen molar-refractivity contribution < 1.29 is 0 Å². The van der Waals surface area contributed by atoms with Gasteiger partial charge in [0.1, 0.15) is 0 Å². The number of benzene rings is 3. The van der Waals surface area contributed by atoms with Crippen LogP contribution in [0.2, 0.25) is 0 Å². The number of aromatic nitrogens is 1. The Kier molecular flexibility index (Phi) is 2.86. The van der Waals surface area contributed by atoms with Crippen molar-refractivity contribution in [2.75, 3.05) is 0 Å². The van der Waals surface area contributed by atoms with Gasteiger partial charge in [0.25, 0.3) is 0 Å². The lowest BCUT2D eigenvalue weighted by atomic mass is 10.2. The van der Waals surface area contributed by atoms with Crippen LogP contribution in [0.5, 0.6) is 0 Å². The number of hydrogen-bond donors (Lipinski definition) is 0. The van der Waals surface area contributed by atoms with E-state index < -0.39 is 0 Å². The number of fused-ring (bicyclic) bond motifs is 3. The molecule has 0 spiro atoms. The standard InChI is InChI=1S/C20H11N3/c1-22-15-10-14(13-21)11-16(12-15)23-19-8-4-2-6-17(19)18-7-3-5-9-20(18)23/h2-12H. The maximum absolute atomic E-state index is 9.24. The zero-order chi connectivity index (χ0) is 15.8. The first-order valence-corrected chi connectivity index (χ1v) is 7.23. The van der Waals surface area contributed by atoms with Gasteiger partial charge in [-0.1, -0.05) is 36.4 Å². The fourth-order valence-corrected chi connectivity index (χ4v) is 3.05. The predicted octanol–water partition coefficient (Wildman–Crippen LogP) is 5.21. The van der Waals surface area contributed by atoms with E-state index in [1.165, 1.54) is 0 Å². The minimum absolute atomic E-state index is 0.473.